The molecule has 0 N–H and O–H groups in total. The number of rotatable bonds is 14. The summed E-state index contributed by atoms with van der Waals surface area (Å²) in [5, 5.41) is 11.9. The number of hydrogen-bond acceptors (Lipinski definition) is 2. The van der Waals surface area contributed by atoms with Gasteiger partial charge >= 0.3 is 0 Å². The van der Waals surface area contributed by atoms with E-state index in [1.165, 1.54) is 54.6 Å². The average Bonchev–Trinajstić information content (AvgIpc) is 0.860. The van der Waals surface area contributed by atoms with Crippen molar-refractivity contribution in [3.63, 3.8) is 0 Å². The molecule has 20 rings (SSSR count). The summed E-state index contributed by atoms with van der Waals surface area (Å²) in [5.74, 6) is 0.866. The average molecular weight is 1380 g/mol. The van der Waals surface area contributed by atoms with Crippen molar-refractivity contribution in [1.29, 1.82) is 0 Å². The van der Waals surface area contributed by atoms with Crippen molar-refractivity contribution in [2.24, 2.45) is 0 Å². The lowest BCUT2D eigenvalue weighted by atomic mass is 9.73. The molecule has 0 aliphatic heterocycles. The summed E-state index contributed by atoms with van der Waals surface area (Å²) in [5.41, 5.74) is 28.8. The number of hydrogen-bond donors (Lipinski definition) is 0. The Balaban J connectivity index is 0.971. The summed E-state index contributed by atoms with van der Waals surface area (Å²) >= 11 is 6.74. The highest BCUT2D eigenvalue weighted by Gasteiger charge is 2.33. The summed E-state index contributed by atoms with van der Waals surface area (Å²) in [6.45, 7) is 0. The summed E-state index contributed by atoms with van der Waals surface area (Å²) < 4.78 is 2.32. The van der Waals surface area contributed by atoms with Gasteiger partial charge in [0.15, 0.2) is 0 Å². The van der Waals surface area contributed by atoms with Crippen LogP contribution in [0, 0.1) is 0 Å². The van der Waals surface area contributed by atoms with Crippen molar-refractivity contribution in [2.45, 2.75) is 0 Å². The third kappa shape index (κ3) is 10.7. The maximum Gasteiger partial charge on any atom is 0.145 e. The zero-order valence-electron chi connectivity index (χ0n) is 58.4. The van der Waals surface area contributed by atoms with Gasteiger partial charge in [-0.1, -0.05) is 364 Å². The Kier molecular flexibility index (Phi) is 15.6. The van der Waals surface area contributed by atoms with Crippen LogP contribution < -0.4 is 0 Å². The second kappa shape index (κ2) is 26.5. The Morgan fingerprint density at radius 2 is 0.495 bits per heavy atom. The Hall–Kier alpha value is -13.7. The fourth-order valence-electron chi connectivity index (χ4n) is 17.2. The van der Waals surface area contributed by atoms with Gasteiger partial charge in [0, 0.05) is 11.3 Å². The molecule has 0 amide bonds. The molecule has 0 bridgehead atoms. The predicted molar refractivity (Wildman–Crippen MR) is 457 cm³/mol. The van der Waals surface area contributed by atoms with Crippen molar-refractivity contribution < 1.29 is 0 Å². The summed E-state index contributed by atoms with van der Waals surface area (Å²) in [7, 11) is 0. The molecule has 20 aromatic rings. The Morgan fingerprint density at radius 3 is 0.888 bits per heavy atom. The molecule has 0 unspecified atom stereocenters. The highest BCUT2D eigenvalue weighted by molar-refractivity contribution is 7.81. The van der Waals surface area contributed by atoms with Crippen LogP contribution in [0.15, 0.2) is 400 Å². The van der Waals surface area contributed by atoms with E-state index in [0.717, 1.165) is 155 Å². The van der Waals surface area contributed by atoms with E-state index in [1.807, 2.05) is 0 Å². The van der Waals surface area contributed by atoms with Gasteiger partial charge < -0.3 is 0 Å². The first-order chi connectivity index (χ1) is 53.1. The maximum atomic E-state index is 6.74. The third-order valence-corrected chi connectivity index (χ3v) is 22.1. The van der Waals surface area contributed by atoms with Gasteiger partial charge in [0.25, 0.3) is 0 Å². The molecular weight excluding hydrogens is 1310 g/mol. The van der Waals surface area contributed by atoms with Crippen LogP contribution in [0.3, 0.4) is 0 Å². The molecule has 2 nitrogen and oxygen atoms in total. The van der Waals surface area contributed by atoms with Gasteiger partial charge in [0.1, 0.15) is 5.82 Å². The van der Waals surface area contributed by atoms with Crippen LogP contribution in [0.5, 0.6) is 0 Å². The van der Waals surface area contributed by atoms with E-state index in [2.05, 4.69) is 405 Å². The molecule has 0 aliphatic rings. The summed E-state index contributed by atoms with van der Waals surface area (Å²) in [6.07, 6.45) is 0. The monoisotopic (exact) mass is 1370 g/mol. The minimum atomic E-state index is 0.782. The fourth-order valence-corrected chi connectivity index (χ4v) is 17.4. The van der Waals surface area contributed by atoms with Gasteiger partial charge in [-0.15, -0.1) is 0 Å². The van der Waals surface area contributed by atoms with Crippen molar-refractivity contribution in [3.8, 4) is 128 Å². The SMILES string of the molecule is S=C(c1ccc(-c2c(-c3ccccc3)c(-c3ccccc3)c(-c3cccc(-c4nc5ccccc5n4-c4ccccc4)c3)c3c4cccc5c6c(-c7ccccc7)c(-c7ccccc7)c(-c7ccccc7)c(-c7ccccc7)c6c6cccc(c23)c6c54)cc1)c1cc(-c2ccccc2)cc(-c2ccccc2)c1. The smallest absolute Gasteiger partial charge is 0.145 e. The van der Waals surface area contributed by atoms with Crippen LogP contribution in [0.2, 0.25) is 0 Å². The first-order valence-electron chi connectivity index (χ1n) is 36.7. The van der Waals surface area contributed by atoms with Crippen LogP contribution in [0.25, 0.3) is 193 Å². The first kappa shape index (κ1) is 63.0. The number of aromatic nitrogens is 2. The second-order valence-electron chi connectivity index (χ2n) is 27.8. The number of thiocarbonyl (C=S) groups is 1. The third-order valence-electron chi connectivity index (χ3n) is 21.7. The lowest BCUT2D eigenvalue weighted by Crippen LogP contribution is -2.03. The van der Waals surface area contributed by atoms with E-state index in [9.17, 15) is 0 Å². The molecular formula is C104H66N2S. The number of imidazole rings is 1. The van der Waals surface area contributed by atoms with E-state index < -0.39 is 0 Å². The van der Waals surface area contributed by atoms with Gasteiger partial charge in [-0.3, -0.25) is 4.57 Å². The Morgan fingerprint density at radius 1 is 0.206 bits per heavy atom. The second-order valence-corrected chi connectivity index (χ2v) is 28.2. The molecule has 0 radical (unpaired) electrons. The van der Waals surface area contributed by atoms with Crippen LogP contribution >= 0.6 is 12.2 Å². The maximum absolute atomic E-state index is 6.74. The number of benzene rings is 19. The Labute approximate surface area is 627 Å². The van der Waals surface area contributed by atoms with Crippen molar-refractivity contribution >= 4 is 82.0 Å². The van der Waals surface area contributed by atoms with Crippen LogP contribution in [-0.2, 0) is 0 Å². The van der Waals surface area contributed by atoms with Crippen LogP contribution in [0.4, 0.5) is 0 Å². The molecule has 0 aliphatic carbocycles. The zero-order valence-corrected chi connectivity index (χ0v) is 59.2. The molecule has 0 saturated heterocycles. The van der Waals surface area contributed by atoms with E-state index in [-0.39, 0.29) is 0 Å². The standard InChI is InChI=1S/C104H66N2S/c107-103(81-65-79(67-33-10-1-11-34-67)64-80(66-81)68-35-12-2-13-36-68)76-61-59-75(60-62-76)95-91(71-41-18-5-19-42-71)92(72-43-20-6-21-44-72)96(77-49-30-50-78(63-77)104-105-87-57-28-29-58-88(87)106(104)82-51-26-9-27-52-82)102-86-56-32-54-84-98(86)97-83(53-31-55-85(97)101(95)102)99-93(73-45-22-7-23-46-73)89(69-37-14-3-15-38-69)90(70-39-16-4-17-40-70)94(100(84)99)74-47-24-8-25-48-74/h1-66H. The van der Waals surface area contributed by atoms with E-state index >= 15 is 0 Å². The topological polar surface area (TPSA) is 17.8 Å². The van der Waals surface area contributed by atoms with Crippen molar-refractivity contribution in [2.75, 3.05) is 0 Å². The highest BCUT2D eigenvalue weighted by atomic mass is 32.1. The molecule has 1 aromatic heterocycles. The molecule has 1 heterocycles. The largest absolute Gasteiger partial charge is 0.292 e. The molecule has 0 saturated carbocycles. The lowest BCUT2D eigenvalue weighted by Gasteiger charge is -2.29. The first-order valence-corrected chi connectivity index (χ1v) is 37.1. The Bertz CT molecular complexity index is 6730. The van der Waals surface area contributed by atoms with Gasteiger partial charge in [-0.25, -0.2) is 4.98 Å². The lowest BCUT2D eigenvalue weighted by molar-refractivity contribution is 1.10. The number of fused-ring (bicyclic) bond motifs is 7. The molecule has 19 aromatic carbocycles. The molecule has 107 heavy (non-hydrogen) atoms. The summed E-state index contributed by atoms with van der Waals surface area (Å²) in [4.78, 5) is 6.32. The van der Waals surface area contributed by atoms with E-state index in [4.69, 9.17) is 17.2 Å². The van der Waals surface area contributed by atoms with Crippen molar-refractivity contribution in [1.82, 2.24) is 9.55 Å². The molecule has 0 fully saturated rings. The predicted octanol–water partition coefficient (Wildman–Crippen LogP) is 28.3. The quantitative estimate of drug-likeness (QED) is 0.0467. The number of para-hydroxylation sites is 3. The minimum absolute atomic E-state index is 0.782. The zero-order chi connectivity index (χ0) is 70.9. The molecule has 0 atom stereocenters. The minimum Gasteiger partial charge on any atom is -0.292 e. The van der Waals surface area contributed by atoms with E-state index in [0.29, 0.717) is 0 Å². The molecule has 3 heteroatoms. The molecule has 498 valence electrons. The van der Waals surface area contributed by atoms with E-state index in [1.54, 1.807) is 0 Å². The van der Waals surface area contributed by atoms with Gasteiger partial charge in [0.2, 0.25) is 0 Å². The number of nitrogens with zero attached hydrogens (tertiary/aromatic N) is 2. The van der Waals surface area contributed by atoms with Gasteiger partial charge in [-0.05, 0) is 225 Å². The van der Waals surface area contributed by atoms with Gasteiger partial charge in [0.05, 0.1) is 15.9 Å². The summed E-state index contributed by atoms with van der Waals surface area (Å²) in [6, 6.07) is 147. The van der Waals surface area contributed by atoms with Crippen LogP contribution in [-0.4, -0.2) is 14.4 Å². The molecule has 0 spiro atoms. The van der Waals surface area contributed by atoms with Crippen molar-refractivity contribution in [3.05, 3.63) is 412 Å². The van der Waals surface area contributed by atoms with Crippen LogP contribution in [0.1, 0.15) is 11.1 Å². The van der Waals surface area contributed by atoms with Gasteiger partial charge in [-0.2, -0.15) is 0 Å². The normalized spacial score (nSPS) is 11.6. The fraction of sp³-hybridized carbons (Fsp3) is 0. The highest BCUT2D eigenvalue weighted by Crippen LogP contribution is 2.60.